The highest BCUT2D eigenvalue weighted by atomic mass is 19.4. The summed E-state index contributed by atoms with van der Waals surface area (Å²) in [6, 6.07) is 12.7. The monoisotopic (exact) mass is 404 g/mol. The van der Waals surface area contributed by atoms with Crippen LogP contribution in [0.2, 0.25) is 0 Å². The number of aliphatic imine (C=N–C) groups is 1. The summed E-state index contributed by atoms with van der Waals surface area (Å²) in [6.45, 7) is 5.94. The first-order chi connectivity index (χ1) is 13.8. The molecule has 2 aromatic carbocycles. The number of alkyl halides is 3. The van der Waals surface area contributed by atoms with E-state index in [0.29, 0.717) is 35.7 Å². The molecule has 2 rings (SSSR count). The molecule has 0 aromatic heterocycles. The molecule has 7 heteroatoms. The maximum Gasteiger partial charge on any atom is 0.416 e. The molecule has 0 radical (unpaired) electrons. The molecule has 0 atom stereocenters. The number of oxime groups is 1. The molecular formula is C22H23F3N2O2. The van der Waals surface area contributed by atoms with Crippen LogP contribution in [0.4, 0.5) is 13.2 Å². The summed E-state index contributed by atoms with van der Waals surface area (Å²) in [5.74, 6) is 0.364. The summed E-state index contributed by atoms with van der Waals surface area (Å²) in [6.07, 6.45) is -3.82. The van der Waals surface area contributed by atoms with Crippen molar-refractivity contribution >= 4 is 11.4 Å². The van der Waals surface area contributed by atoms with Crippen molar-refractivity contribution in [1.29, 1.82) is 0 Å². The number of allylic oxidation sites excluding steroid dienone is 1. The van der Waals surface area contributed by atoms with Gasteiger partial charge in [0.1, 0.15) is 12.9 Å². The summed E-state index contributed by atoms with van der Waals surface area (Å²) in [5, 5.41) is 4.00. The Morgan fingerprint density at radius 2 is 1.79 bits per heavy atom. The second-order valence-electron chi connectivity index (χ2n) is 6.20. The highest BCUT2D eigenvalue weighted by molar-refractivity contribution is 6.11. The number of halogens is 3. The molecule has 0 saturated heterocycles. The summed E-state index contributed by atoms with van der Waals surface area (Å²) >= 11 is 0. The number of hydrogen-bond donors (Lipinski definition) is 0. The van der Waals surface area contributed by atoms with Gasteiger partial charge in [0.05, 0.1) is 12.7 Å². The standard InChI is InChI=1S/C22H23F3N2O2/c1-15(18-9-7-10-19(14-18)22(23,24)25)26-13-12-17-8-5-6-11-20(17)21(27-29-4)16(2)28-3/h5-11,14H,2,12-13H2,1,3-4H3/b26-15+,27-21-. The lowest BCUT2D eigenvalue weighted by Gasteiger charge is -2.12. The van der Waals surface area contributed by atoms with Gasteiger partial charge in [-0.05, 0) is 36.6 Å². The van der Waals surface area contributed by atoms with Crippen LogP contribution in [0.15, 0.2) is 71.0 Å². The van der Waals surface area contributed by atoms with Crippen molar-refractivity contribution in [3.63, 3.8) is 0 Å². The van der Waals surface area contributed by atoms with E-state index >= 15 is 0 Å². The van der Waals surface area contributed by atoms with E-state index in [1.54, 1.807) is 13.0 Å². The van der Waals surface area contributed by atoms with Crippen molar-refractivity contribution in [2.24, 2.45) is 10.1 Å². The highest BCUT2D eigenvalue weighted by Gasteiger charge is 2.30. The lowest BCUT2D eigenvalue weighted by molar-refractivity contribution is -0.137. The summed E-state index contributed by atoms with van der Waals surface area (Å²) in [5.41, 5.74) is 2.52. The normalized spacial score (nSPS) is 12.6. The van der Waals surface area contributed by atoms with Crippen LogP contribution in [-0.4, -0.2) is 32.2 Å². The fraction of sp³-hybridized carbons (Fsp3) is 0.273. The Morgan fingerprint density at radius 3 is 2.45 bits per heavy atom. The molecule has 4 nitrogen and oxygen atoms in total. The molecule has 0 unspecified atom stereocenters. The van der Waals surface area contributed by atoms with Crippen molar-refractivity contribution in [1.82, 2.24) is 0 Å². The first kappa shape index (κ1) is 22.2. The fourth-order valence-corrected chi connectivity index (χ4v) is 2.76. The van der Waals surface area contributed by atoms with Crippen LogP contribution in [0, 0.1) is 0 Å². The maximum absolute atomic E-state index is 12.9. The van der Waals surface area contributed by atoms with Crippen molar-refractivity contribution in [3.05, 3.63) is 83.1 Å². The van der Waals surface area contributed by atoms with Gasteiger partial charge in [0.2, 0.25) is 0 Å². The Kier molecular flexibility index (Phi) is 7.59. The molecule has 0 spiro atoms. The van der Waals surface area contributed by atoms with E-state index in [-0.39, 0.29) is 0 Å². The van der Waals surface area contributed by atoms with Crippen LogP contribution in [-0.2, 0) is 22.2 Å². The van der Waals surface area contributed by atoms with E-state index in [0.717, 1.165) is 23.3 Å². The lowest BCUT2D eigenvalue weighted by atomic mass is 9.99. The Balaban J connectivity index is 2.21. The van der Waals surface area contributed by atoms with Gasteiger partial charge in [-0.15, -0.1) is 0 Å². The number of hydrogen-bond acceptors (Lipinski definition) is 4. The lowest BCUT2D eigenvalue weighted by Crippen LogP contribution is -2.11. The Hall–Kier alpha value is -3.09. The molecule has 0 bridgehead atoms. The van der Waals surface area contributed by atoms with Gasteiger partial charge >= 0.3 is 6.18 Å². The second-order valence-corrected chi connectivity index (χ2v) is 6.20. The van der Waals surface area contributed by atoms with Gasteiger partial charge in [0.25, 0.3) is 0 Å². The SMILES string of the molecule is C=C(OC)/C(=N/OC)c1ccccc1CC/N=C(\C)c1cccc(C(F)(F)F)c1. The van der Waals surface area contributed by atoms with Crippen molar-refractivity contribution in [2.45, 2.75) is 19.5 Å². The molecule has 0 fully saturated rings. The second kappa shape index (κ2) is 9.91. The van der Waals surface area contributed by atoms with Gasteiger partial charge in [0.15, 0.2) is 5.71 Å². The number of benzene rings is 2. The summed E-state index contributed by atoms with van der Waals surface area (Å²) in [4.78, 5) is 9.35. The molecule has 0 saturated carbocycles. The Labute approximate surface area is 168 Å². The van der Waals surface area contributed by atoms with Crippen molar-refractivity contribution < 1.29 is 22.7 Å². The van der Waals surface area contributed by atoms with Gasteiger partial charge in [-0.3, -0.25) is 4.99 Å². The predicted octanol–water partition coefficient (Wildman–Crippen LogP) is 5.27. The van der Waals surface area contributed by atoms with E-state index in [4.69, 9.17) is 9.57 Å². The minimum atomic E-state index is -4.38. The third-order valence-electron chi connectivity index (χ3n) is 4.30. The maximum atomic E-state index is 12.9. The van der Waals surface area contributed by atoms with Gasteiger partial charge in [0, 0.05) is 17.8 Å². The highest BCUT2D eigenvalue weighted by Crippen LogP contribution is 2.29. The zero-order chi connectivity index (χ0) is 21.4. The van der Waals surface area contributed by atoms with E-state index < -0.39 is 11.7 Å². The molecule has 0 aliphatic heterocycles. The molecule has 0 aliphatic rings. The van der Waals surface area contributed by atoms with Gasteiger partial charge in [-0.1, -0.05) is 48.1 Å². The van der Waals surface area contributed by atoms with E-state index in [2.05, 4.69) is 16.7 Å². The largest absolute Gasteiger partial charge is 0.495 e. The zero-order valence-electron chi connectivity index (χ0n) is 16.6. The number of nitrogens with zero attached hydrogens (tertiary/aromatic N) is 2. The average Bonchev–Trinajstić information content (AvgIpc) is 2.71. The van der Waals surface area contributed by atoms with Gasteiger partial charge in [-0.2, -0.15) is 13.2 Å². The minimum absolute atomic E-state index is 0.364. The topological polar surface area (TPSA) is 43.2 Å². The molecule has 0 amide bonds. The number of methoxy groups -OCH3 is 1. The van der Waals surface area contributed by atoms with Crippen LogP contribution >= 0.6 is 0 Å². The minimum Gasteiger partial charge on any atom is -0.495 e. The fourth-order valence-electron chi connectivity index (χ4n) is 2.76. The van der Waals surface area contributed by atoms with E-state index in [1.165, 1.54) is 20.3 Å². The van der Waals surface area contributed by atoms with Crippen LogP contribution in [0.1, 0.15) is 29.2 Å². The molecule has 0 aliphatic carbocycles. The first-order valence-electron chi connectivity index (χ1n) is 8.89. The molecule has 2 aromatic rings. The third-order valence-corrected chi connectivity index (χ3v) is 4.30. The molecule has 0 N–H and O–H groups in total. The molecular weight excluding hydrogens is 381 g/mol. The van der Waals surface area contributed by atoms with E-state index in [9.17, 15) is 13.2 Å². The first-order valence-corrected chi connectivity index (χ1v) is 8.89. The quantitative estimate of drug-likeness (QED) is 0.342. The number of ether oxygens (including phenoxy) is 1. The zero-order valence-corrected chi connectivity index (χ0v) is 16.6. The summed E-state index contributed by atoms with van der Waals surface area (Å²) in [7, 11) is 2.94. The smallest absolute Gasteiger partial charge is 0.416 e. The molecule has 0 heterocycles. The van der Waals surface area contributed by atoms with Crippen molar-refractivity contribution in [2.75, 3.05) is 20.8 Å². The van der Waals surface area contributed by atoms with Crippen molar-refractivity contribution in [3.8, 4) is 0 Å². The summed E-state index contributed by atoms with van der Waals surface area (Å²) < 4.78 is 43.9. The predicted molar refractivity (Wildman–Crippen MR) is 108 cm³/mol. The average molecular weight is 404 g/mol. The van der Waals surface area contributed by atoms with Gasteiger partial charge in [-0.25, -0.2) is 0 Å². The van der Waals surface area contributed by atoms with Crippen LogP contribution in [0.3, 0.4) is 0 Å². The molecule has 154 valence electrons. The Bertz CT molecular complexity index is 918. The third kappa shape index (κ3) is 5.94. The Morgan fingerprint density at radius 1 is 1.07 bits per heavy atom. The number of rotatable bonds is 8. The molecule has 29 heavy (non-hydrogen) atoms. The van der Waals surface area contributed by atoms with Gasteiger partial charge < -0.3 is 9.57 Å². The van der Waals surface area contributed by atoms with Crippen LogP contribution < -0.4 is 0 Å². The van der Waals surface area contributed by atoms with E-state index in [1.807, 2.05) is 24.3 Å². The van der Waals surface area contributed by atoms with Crippen LogP contribution in [0.25, 0.3) is 0 Å². The van der Waals surface area contributed by atoms with Crippen LogP contribution in [0.5, 0.6) is 0 Å².